The Labute approximate surface area is 133 Å². The van der Waals surface area contributed by atoms with Gasteiger partial charge in [-0.3, -0.25) is 4.79 Å². The van der Waals surface area contributed by atoms with Crippen LogP contribution in [0.2, 0.25) is 10.0 Å². The Balaban J connectivity index is 1.89. The van der Waals surface area contributed by atoms with Gasteiger partial charge in [0.05, 0.1) is 11.1 Å². The summed E-state index contributed by atoms with van der Waals surface area (Å²) in [6, 6.07) is 14.7. The number of amides is 1. The molecule has 5 heteroatoms. The van der Waals surface area contributed by atoms with Crippen molar-refractivity contribution in [3.8, 4) is 5.75 Å². The highest BCUT2D eigenvalue weighted by molar-refractivity contribution is 6.42. The molecular weight excluding hydrogens is 309 g/mol. The number of rotatable bonds is 5. The Bertz CT molecular complexity index is 617. The quantitative estimate of drug-likeness (QED) is 0.893. The number of carbonyl (C=O) groups excluding carboxylic acids is 1. The molecule has 1 unspecified atom stereocenters. The van der Waals surface area contributed by atoms with Crippen LogP contribution in [-0.2, 0) is 4.79 Å². The van der Waals surface area contributed by atoms with Crippen LogP contribution >= 0.6 is 23.2 Å². The van der Waals surface area contributed by atoms with Gasteiger partial charge in [-0.2, -0.15) is 0 Å². The summed E-state index contributed by atoms with van der Waals surface area (Å²) in [6.07, 6.45) is 0. The lowest BCUT2D eigenvalue weighted by atomic mass is 10.1. The maximum absolute atomic E-state index is 11.9. The van der Waals surface area contributed by atoms with Gasteiger partial charge in [0.2, 0.25) is 0 Å². The molecule has 0 aliphatic heterocycles. The number of carbonyl (C=O) groups is 1. The van der Waals surface area contributed by atoms with E-state index in [1.807, 2.05) is 37.3 Å². The van der Waals surface area contributed by atoms with E-state index in [0.29, 0.717) is 15.8 Å². The van der Waals surface area contributed by atoms with E-state index in [9.17, 15) is 4.79 Å². The summed E-state index contributed by atoms with van der Waals surface area (Å²) in [4.78, 5) is 11.9. The van der Waals surface area contributed by atoms with Crippen LogP contribution in [0, 0.1) is 0 Å². The monoisotopic (exact) mass is 323 g/mol. The van der Waals surface area contributed by atoms with E-state index in [1.54, 1.807) is 18.2 Å². The first-order chi connectivity index (χ1) is 10.1. The number of nitrogens with one attached hydrogen (secondary N) is 1. The third-order valence-electron chi connectivity index (χ3n) is 2.95. The van der Waals surface area contributed by atoms with Gasteiger partial charge in [0.1, 0.15) is 10.8 Å². The van der Waals surface area contributed by atoms with E-state index in [1.165, 1.54) is 0 Å². The van der Waals surface area contributed by atoms with Gasteiger partial charge >= 0.3 is 0 Å². The summed E-state index contributed by atoms with van der Waals surface area (Å²) >= 11 is 11.9. The molecular formula is C16H15Cl2NO2. The van der Waals surface area contributed by atoms with Gasteiger partial charge in [0.15, 0.2) is 6.61 Å². The van der Waals surface area contributed by atoms with Gasteiger partial charge < -0.3 is 10.1 Å². The van der Waals surface area contributed by atoms with E-state index < -0.39 is 0 Å². The smallest absolute Gasteiger partial charge is 0.258 e. The Morgan fingerprint density at radius 2 is 1.86 bits per heavy atom. The van der Waals surface area contributed by atoms with Gasteiger partial charge in [-0.25, -0.2) is 0 Å². The summed E-state index contributed by atoms with van der Waals surface area (Å²) in [5.41, 5.74) is 1.03. The minimum Gasteiger partial charge on any atom is -0.482 e. The number of benzene rings is 2. The van der Waals surface area contributed by atoms with Crippen molar-refractivity contribution in [1.82, 2.24) is 5.32 Å². The molecule has 0 aliphatic carbocycles. The number of ether oxygens (including phenoxy) is 1. The lowest BCUT2D eigenvalue weighted by Crippen LogP contribution is -2.31. The molecule has 0 fully saturated rings. The van der Waals surface area contributed by atoms with Crippen LogP contribution in [0.25, 0.3) is 0 Å². The second kappa shape index (κ2) is 7.34. The van der Waals surface area contributed by atoms with Crippen molar-refractivity contribution in [1.29, 1.82) is 0 Å². The van der Waals surface area contributed by atoms with Crippen LogP contribution in [0.1, 0.15) is 18.5 Å². The third-order valence-corrected chi connectivity index (χ3v) is 3.75. The molecule has 1 atom stereocenters. The second-order valence-electron chi connectivity index (χ2n) is 4.54. The topological polar surface area (TPSA) is 38.3 Å². The van der Waals surface area contributed by atoms with Crippen LogP contribution in [0.4, 0.5) is 0 Å². The molecule has 21 heavy (non-hydrogen) atoms. The van der Waals surface area contributed by atoms with Gasteiger partial charge in [-0.1, -0.05) is 59.6 Å². The lowest BCUT2D eigenvalue weighted by molar-refractivity contribution is -0.123. The zero-order valence-corrected chi connectivity index (χ0v) is 13.0. The Morgan fingerprint density at radius 1 is 1.14 bits per heavy atom. The average Bonchev–Trinajstić information content (AvgIpc) is 2.49. The van der Waals surface area contributed by atoms with Crippen molar-refractivity contribution < 1.29 is 9.53 Å². The molecule has 110 valence electrons. The zero-order valence-electron chi connectivity index (χ0n) is 11.5. The minimum absolute atomic E-state index is 0.0860. The predicted molar refractivity (Wildman–Crippen MR) is 85.0 cm³/mol. The number of hydrogen-bond acceptors (Lipinski definition) is 2. The Kier molecular flexibility index (Phi) is 5.48. The van der Waals surface area contributed by atoms with Crippen molar-refractivity contribution in [2.45, 2.75) is 13.0 Å². The molecule has 0 radical (unpaired) electrons. The molecule has 0 saturated carbocycles. The van der Waals surface area contributed by atoms with Crippen molar-refractivity contribution in [3.05, 3.63) is 64.1 Å². The highest BCUT2D eigenvalue weighted by Crippen LogP contribution is 2.31. The highest BCUT2D eigenvalue weighted by atomic mass is 35.5. The maximum Gasteiger partial charge on any atom is 0.258 e. The number of halogens is 2. The van der Waals surface area contributed by atoms with Gasteiger partial charge in [0.25, 0.3) is 5.91 Å². The van der Waals surface area contributed by atoms with Crippen molar-refractivity contribution in [3.63, 3.8) is 0 Å². The fraction of sp³-hybridized carbons (Fsp3) is 0.188. The molecule has 1 N–H and O–H groups in total. The van der Waals surface area contributed by atoms with Crippen LogP contribution in [-0.4, -0.2) is 12.5 Å². The predicted octanol–water partition coefficient (Wildman–Crippen LogP) is 4.25. The minimum atomic E-state index is -0.220. The lowest BCUT2D eigenvalue weighted by Gasteiger charge is -2.15. The molecule has 2 aromatic carbocycles. The molecule has 0 aromatic heterocycles. The average molecular weight is 324 g/mol. The van der Waals surface area contributed by atoms with E-state index in [-0.39, 0.29) is 18.6 Å². The third kappa shape index (κ3) is 4.38. The molecule has 0 bridgehead atoms. The second-order valence-corrected chi connectivity index (χ2v) is 5.33. The first-order valence-corrected chi connectivity index (χ1v) is 7.24. The first-order valence-electron chi connectivity index (χ1n) is 6.49. The summed E-state index contributed by atoms with van der Waals surface area (Å²) in [5, 5.41) is 3.56. The first kappa shape index (κ1) is 15.7. The maximum atomic E-state index is 11.9. The van der Waals surface area contributed by atoms with Crippen LogP contribution in [0.3, 0.4) is 0 Å². The van der Waals surface area contributed by atoms with Gasteiger partial charge in [-0.15, -0.1) is 0 Å². The molecule has 0 spiro atoms. The molecule has 2 rings (SSSR count). The normalized spacial score (nSPS) is 11.8. The Hall–Kier alpha value is -1.71. The van der Waals surface area contributed by atoms with Crippen LogP contribution in [0.15, 0.2) is 48.5 Å². The fourth-order valence-electron chi connectivity index (χ4n) is 1.85. The largest absolute Gasteiger partial charge is 0.482 e. The molecule has 0 aliphatic rings. The highest BCUT2D eigenvalue weighted by Gasteiger charge is 2.11. The van der Waals surface area contributed by atoms with Crippen LogP contribution in [0.5, 0.6) is 5.75 Å². The summed E-state index contributed by atoms with van der Waals surface area (Å²) in [6.45, 7) is 1.80. The number of hydrogen-bond donors (Lipinski definition) is 1. The van der Waals surface area contributed by atoms with Crippen molar-refractivity contribution in [2.75, 3.05) is 6.61 Å². The Morgan fingerprint density at radius 3 is 2.57 bits per heavy atom. The fourth-order valence-corrected chi connectivity index (χ4v) is 2.19. The SMILES string of the molecule is CC(NC(=O)COc1cccc(Cl)c1Cl)c1ccccc1. The molecule has 0 heterocycles. The van der Waals surface area contributed by atoms with Crippen molar-refractivity contribution in [2.24, 2.45) is 0 Å². The molecule has 3 nitrogen and oxygen atoms in total. The van der Waals surface area contributed by atoms with E-state index in [4.69, 9.17) is 27.9 Å². The van der Waals surface area contributed by atoms with Gasteiger partial charge in [-0.05, 0) is 24.6 Å². The molecule has 2 aromatic rings. The zero-order chi connectivity index (χ0) is 15.2. The summed E-state index contributed by atoms with van der Waals surface area (Å²) in [5.74, 6) is 0.175. The molecule has 0 saturated heterocycles. The summed E-state index contributed by atoms with van der Waals surface area (Å²) in [7, 11) is 0. The van der Waals surface area contributed by atoms with Crippen LogP contribution < -0.4 is 10.1 Å². The van der Waals surface area contributed by atoms with E-state index in [0.717, 1.165) is 5.56 Å². The van der Waals surface area contributed by atoms with E-state index in [2.05, 4.69) is 5.32 Å². The standard InChI is InChI=1S/C16H15Cl2NO2/c1-11(12-6-3-2-4-7-12)19-15(20)10-21-14-9-5-8-13(17)16(14)18/h2-9,11H,10H2,1H3,(H,19,20). The van der Waals surface area contributed by atoms with Gasteiger partial charge in [0, 0.05) is 0 Å². The van der Waals surface area contributed by atoms with Crippen molar-refractivity contribution >= 4 is 29.1 Å². The van der Waals surface area contributed by atoms with E-state index >= 15 is 0 Å². The summed E-state index contributed by atoms with van der Waals surface area (Å²) < 4.78 is 5.39. The molecule has 1 amide bonds.